The van der Waals surface area contributed by atoms with Crippen LogP contribution in [0, 0.1) is 0 Å². The molecular formula is C12H16BrClN2O. The number of amides is 1. The zero-order valence-electron chi connectivity index (χ0n) is 9.89. The minimum absolute atomic E-state index is 0.0434. The summed E-state index contributed by atoms with van der Waals surface area (Å²) in [7, 11) is 0. The number of benzene rings is 1. The predicted molar refractivity (Wildman–Crippen MR) is 75.5 cm³/mol. The lowest BCUT2D eigenvalue weighted by Gasteiger charge is -2.09. The first-order valence-corrected chi connectivity index (χ1v) is 6.64. The third-order valence-corrected chi connectivity index (χ3v) is 2.93. The first-order chi connectivity index (χ1) is 7.99. The summed E-state index contributed by atoms with van der Waals surface area (Å²) >= 11 is 9.31. The smallest absolute Gasteiger partial charge is 0.225 e. The monoisotopic (exact) mass is 318 g/mol. The molecule has 0 aliphatic carbocycles. The lowest BCUT2D eigenvalue weighted by atomic mass is 10.3. The van der Waals surface area contributed by atoms with Crippen LogP contribution in [0.4, 0.5) is 5.69 Å². The van der Waals surface area contributed by atoms with E-state index in [-0.39, 0.29) is 5.91 Å². The number of hydrogen-bond donors (Lipinski definition) is 2. The van der Waals surface area contributed by atoms with Gasteiger partial charge in [-0.2, -0.15) is 0 Å². The fraction of sp³-hybridized carbons (Fsp3) is 0.417. The number of carbonyl (C=O) groups excluding carboxylic acids is 1. The van der Waals surface area contributed by atoms with Gasteiger partial charge in [0.15, 0.2) is 0 Å². The van der Waals surface area contributed by atoms with E-state index in [0.29, 0.717) is 29.7 Å². The summed E-state index contributed by atoms with van der Waals surface area (Å²) in [4.78, 5) is 11.6. The van der Waals surface area contributed by atoms with E-state index in [1.165, 1.54) is 0 Å². The maximum Gasteiger partial charge on any atom is 0.225 e. The molecule has 0 aromatic heterocycles. The number of nitrogens with one attached hydrogen (secondary N) is 2. The lowest BCUT2D eigenvalue weighted by molar-refractivity contribution is -0.116. The molecule has 0 aliphatic heterocycles. The van der Waals surface area contributed by atoms with Crippen LogP contribution in [-0.4, -0.2) is 18.5 Å². The first kappa shape index (κ1) is 14.5. The summed E-state index contributed by atoms with van der Waals surface area (Å²) in [5.74, 6) is -0.0434. The van der Waals surface area contributed by atoms with Gasteiger partial charge in [-0.1, -0.05) is 41.4 Å². The van der Waals surface area contributed by atoms with E-state index in [0.717, 1.165) is 4.47 Å². The molecule has 0 spiro atoms. The van der Waals surface area contributed by atoms with Gasteiger partial charge in [0.1, 0.15) is 0 Å². The van der Waals surface area contributed by atoms with Crippen LogP contribution in [0.3, 0.4) is 0 Å². The van der Waals surface area contributed by atoms with Crippen molar-refractivity contribution in [2.45, 2.75) is 26.3 Å². The minimum atomic E-state index is -0.0434. The van der Waals surface area contributed by atoms with Gasteiger partial charge in [0, 0.05) is 23.5 Å². The van der Waals surface area contributed by atoms with Gasteiger partial charge in [0.25, 0.3) is 0 Å². The molecule has 2 N–H and O–H groups in total. The maximum atomic E-state index is 11.6. The van der Waals surface area contributed by atoms with E-state index in [2.05, 4.69) is 26.6 Å². The Morgan fingerprint density at radius 2 is 2.18 bits per heavy atom. The average Bonchev–Trinajstić information content (AvgIpc) is 2.23. The van der Waals surface area contributed by atoms with Gasteiger partial charge in [-0.25, -0.2) is 0 Å². The standard InChI is InChI=1S/C12H16BrClN2O/c1-8(2)15-6-5-12(17)16-11-7-9(13)3-4-10(11)14/h3-4,7-8,15H,5-6H2,1-2H3,(H,16,17). The number of rotatable bonds is 5. The van der Waals surface area contributed by atoms with E-state index in [9.17, 15) is 4.79 Å². The highest BCUT2D eigenvalue weighted by atomic mass is 79.9. The highest BCUT2D eigenvalue weighted by Gasteiger charge is 2.06. The largest absolute Gasteiger partial charge is 0.325 e. The summed E-state index contributed by atoms with van der Waals surface area (Å²) in [5.41, 5.74) is 0.635. The molecule has 5 heteroatoms. The molecule has 17 heavy (non-hydrogen) atoms. The second kappa shape index (κ2) is 6.99. The minimum Gasteiger partial charge on any atom is -0.325 e. The normalized spacial score (nSPS) is 10.6. The Morgan fingerprint density at radius 3 is 2.82 bits per heavy atom. The van der Waals surface area contributed by atoms with Crippen LogP contribution in [-0.2, 0) is 4.79 Å². The molecule has 94 valence electrons. The molecule has 0 bridgehead atoms. The molecule has 0 saturated carbocycles. The fourth-order valence-corrected chi connectivity index (χ4v) is 1.81. The molecular weight excluding hydrogens is 304 g/mol. The molecule has 0 fully saturated rings. The highest BCUT2D eigenvalue weighted by Crippen LogP contribution is 2.25. The molecule has 0 heterocycles. The molecule has 1 amide bonds. The van der Waals surface area contributed by atoms with Crippen LogP contribution in [0.15, 0.2) is 22.7 Å². The molecule has 1 aromatic rings. The van der Waals surface area contributed by atoms with Crippen molar-refractivity contribution in [3.63, 3.8) is 0 Å². The van der Waals surface area contributed by atoms with Crippen molar-refractivity contribution in [2.24, 2.45) is 0 Å². The molecule has 0 aliphatic rings. The van der Waals surface area contributed by atoms with Crippen LogP contribution in [0.2, 0.25) is 5.02 Å². The van der Waals surface area contributed by atoms with Crippen molar-refractivity contribution >= 4 is 39.1 Å². The number of halogens is 2. The third-order valence-electron chi connectivity index (χ3n) is 2.11. The van der Waals surface area contributed by atoms with E-state index in [4.69, 9.17) is 11.6 Å². The second-order valence-corrected chi connectivity index (χ2v) is 5.35. The van der Waals surface area contributed by atoms with Crippen molar-refractivity contribution in [3.8, 4) is 0 Å². The molecule has 0 atom stereocenters. The Balaban J connectivity index is 2.47. The SMILES string of the molecule is CC(C)NCCC(=O)Nc1cc(Br)ccc1Cl. The quantitative estimate of drug-likeness (QED) is 0.873. The highest BCUT2D eigenvalue weighted by molar-refractivity contribution is 9.10. The van der Waals surface area contributed by atoms with Crippen molar-refractivity contribution < 1.29 is 4.79 Å². The Bertz CT molecular complexity index is 396. The molecule has 3 nitrogen and oxygen atoms in total. The molecule has 0 unspecified atom stereocenters. The zero-order chi connectivity index (χ0) is 12.8. The molecule has 1 rings (SSSR count). The summed E-state index contributed by atoms with van der Waals surface area (Å²) in [6, 6.07) is 5.75. The van der Waals surface area contributed by atoms with E-state index in [1.807, 2.05) is 19.9 Å². The van der Waals surface area contributed by atoms with Crippen molar-refractivity contribution in [2.75, 3.05) is 11.9 Å². The number of carbonyl (C=O) groups is 1. The van der Waals surface area contributed by atoms with Gasteiger partial charge in [-0.05, 0) is 18.2 Å². The second-order valence-electron chi connectivity index (χ2n) is 4.03. The van der Waals surface area contributed by atoms with Crippen molar-refractivity contribution in [3.05, 3.63) is 27.7 Å². The van der Waals surface area contributed by atoms with Gasteiger partial charge >= 0.3 is 0 Å². The maximum absolute atomic E-state index is 11.6. The van der Waals surface area contributed by atoms with Crippen LogP contribution in [0.5, 0.6) is 0 Å². The van der Waals surface area contributed by atoms with Gasteiger partial charge < -0.3 is 10.6 Å². The summed E-state index contributed by atoms with van der Waals surface area (Å²) < 4.78 is 0.887. The van der Waals surface area contributed by atoms with Gasteiger partial charge in [-0.15, -0.1) is 0 Å². The first-order valence-electron chi connectivity index (χ1n) is 5.47. The van der Waals surface area contributed by atoms with E-state index in [1.54, 1.807) is 12.1 Å². The Hall–Kier alpha value is -0.580. The predicted octanol–water partition coefficient (Wildman–Crippen LogP) is 3.43. The Labute approximate surface area is 115 Å². The van der Waals surface area contributed by atoms with E-state index >= 15 is 0 Å². The van der Waals surface area contributed by atoms with Crippen molar-refractivity contribution in [1.29, 1.82) is 0 Å². The Kier molecular flexibility index (Phi) is 5.95. The molecule has 0 radical (unpaired) electrons. The van der Waals surface area contributed by atoms with Gasteiger partial charge in [0.2, 0.25) is 5.91 Å². The van der Waals surface area contributed by atoms with Gasteiger partial charge in [0.05, 0.1) is 10.7 Å². The number of hydrogen-bond acceptors (Lipinski definition) is 2. The summed E-state index contributed by atoms with van der Waals surface area (Å²) in [6.07, 6.45) is 0.432. The van der Waals surface area contributed by atoms with Gasteiger partial charge in [-0.3, -0.25) is 4.79 Å². The topological polar surface area (TPSA) is 41.1 Å². The van der Waals surface area contributed by atoms with Crippen LogP contribution in [0.1, 0.15) is 20.3 Å². The fourth-order valence-electron chi connectivity index (χ4n) is 1.28. The summed E-state index contributed by atoms with van der Waals surface area (Å²) in [6.45, 7) is 4.75. The van der Waals surface area contributed by atoms with Crippen LogP contribution < -0.4 is 10.6 Å². The van der Waals surface area contributed by atoms with Crippen molar-refractivity contribution in [1.82, 2.24) is 5.32 Å². The van der Waals surface area contributed by atoms with Crippen LogP contribution in [0.25, 0.3) is 0 Å². The Morgan fingerprint density at radius 1 is 1.47 bits per heavy atom. The molecule has 0 saturated heterocycles. The average molecular weight is 320 g/mol. The lowest BCUT2D eigenvalue weighted by Crippen LogP contribution is -2.27. The number of anilines is 1. The summed E-state index contributed by atoms with van der Waals surface area (Å²) in [5, 5.41) is 6.51. The third kappa shape index (κ3) is 5.52. The van der Waals surface area contributed by atoms with Crippen LogP contribution >= 0.6 is 27.5 Å². The van der Waals surface area contributed by atoms with E-state index < -0.39 is 0 Å². The zero-order valence-corrected chi connectivity index (χ0v) is 12.2. The molecule has 1 aromatic carbocycles.